The molecular formula is C13H25N2O8+. The molecule has 0 radical (unpaired) electrons. The van der Waals surface area contributed by atoms with Gasteiger partial charge in [-0.2, -0.15) is 0 Å². The number of carboxylic acids is 2. The van der Waals surface area contributed by atoms with Crippen LogP contribution in [0.4, 0.5) is 0 Å². The first kappa shape index (κ1) is 19.7. The lowest BCUT2D eigenvalue weighted by molar-refractivity contribution is -0.895. The third-order valence-corrected chi connectivity index (χ3v) is 4.27. The second-order valence-electron chi connectivity index (χ2n) is 6.41. The van der Waals surface area contributed by atoms with Gasteiger partial charge < -0.3 is 35.1 Å². The molecule has 10 heteroatoms. The molecule has 23 heavy (non-hydrogen) atoms. The molecule has 7 N–H and O–H groups in total. The number of nitrogens with zero attached hydrogens (tertiary/aromatic N) is 1. The largest absolute Gasteiger partial charge is 0.480 e. The predicted octanol–water partition coefficient (Wildman–Crippen LogP) is -3.59. The highest BCUT2D eigenvalue weighted by Crippen LogP contribution is 2.22. The van der Waals surface area contributed by atoms with Gasteiger partial charge in [0, 0.05) is 13.0 Å². The fraction of sp³-hybridized carbons (Fsp3) is 0.846. The quantitative estimate of drug-likeness (QED) is 0.252. The number of aliphatic hydroxyl groups excluding tert-OH is 4. The number of quaternary nitrogens is 1. The summed E-state index contributed by atoms with van der Waals surface area (Å²) >= 11 is 0. The van der Waals surface area contributed by atoms with Crippen LogP contribution in [0.1, 0.15) is 6.42 Å². The molecule has 0 spiro atoms. The van der Waals surface area contributed by atoms with E-state index in [1.807, 2.05) is 14.1 Å². The molecule has 0 bridgehead atoms. The van der Waals surface area contributed by atoms with Crippen LogP contribution in [0.3, 0.4) is 0 Å². The van der Waals surface area contributed by atoms with Crippen molar-refractivity contribution in [1.82, 2.24) is 5.32 Å². The van der Waals surface area contributed by atoms with E-state index in [1.165, 1.54) is 0 Å². The number of nitrogens with one attached hydrogen (secondary N) is 1. The van der Waals surface area contributed by atoms with Crippen LogP contribution in [0.2, 0.25) is 0 Å². The average Bonchev–Trinajstić information content (AvgIpc) is 2.70. The number of likely N-dealkylation sites (N-methyl/N-ethyl adjacent to an activating group) is 1. The fourth-order valence-corrected chi connectivity index (χ4v) is 2.84. The number of β-amino-alcohol motifs (C(OH)–C–C–N with tert-alkyl or cyclic N) is 1. The summed E-state index contributed by atoms with van der Waals surface area (Å²) in [5.41, 5.74) is 0. The molecule has 134 valence electrons. The van der Waals surface area contributed by atoms with Crippen LogP contribution in [0.5, 0.6) is 0 Å². The van der Waals surface area contributed by atoms with E-state index in [0.717, 1.165) is 6.54 Å². The zero-order valence-corrected chi connectivity index (χ0v) is 13.0. The number of likely N-dealkylation sites (tertiary alicyclic amines) is 1. The third kappa shape index (κ3) is 4.59. The van der Waals surface area contributed by atoms with Crippen molar-refractivity contribution in [2.45, 2.75) is 42.9 Å². The van der Waals surface area contributed by atoms with Crippen molar-refractivity contribution in [1.29, 1.82) is 0 Å². The van der Waals surface area contributed by atoms with Gasteiger partial charge in [-0.05, 0) is 0 Å². The Kier molecular flexibility index (Phi) is 6.45. The molecule has 2 heterocycles. The first-order chi connectivity index (χ1) is 10.5. The normalized spacial score (nSPS) is 39.2. The second kappa shape index (κ2) is 7.51. The van der Waals surface area contributed by atoms with Crippen LogP contribution in [0.15, 0.2) is 0 Å². The Morgan fingerprint density at radius 1 is 0.957 bits per heavy atom. The molecule has 0 aromatic rings. The van der Waals surface area contributed by atoms with E-state index in [4.69, 9.17) is 25.5 Å². The Labute approximate surface area is 133 Å². The predicted molar refractivity (Wildman–Crippen MR) is 76.5 cm³/mol. The van der Waals surface area contributed by atoms with Gasteiger partial charge in [0.25, 0.3) is 0 Å². The Morgan fingerprint density at radius 3 is 1.87 bits per heavy atom. The molecule has 2 saturated heterocycles. The lowest BCUT2D eigenvalue weighted by atomic mass is 9.96. The lowest BCUT2D eigenvalue weighted by Crippen LogP contribution is -2.62. The molecule has 2 aliphatic heterocycles. The van der Waals surface area contributed by atoms with Crippen LogP contribution in [0.25, 0.3) is 0 Å². The minimum Gasteiger partial charge on any atom is -0.480 e. The highest BCUT2D eigenvalue weighted by atomic mass is 16.4. The summed E-state index contributed by atoms with van der Waals surface area (Å²) in [6.45, 7) is 0.702. The molecule has 0 aliphatic carbocycles. The molecular weight excluding hydrogens is 312 g/mol. The van der Waals surface area contributed by atoms with Gasteiger partial charge in [-0.1, -0.05) is 0 Å². The number of aliphatic hydroxyl groups is 4. The minimum absolute atomic E-state index is 0.0325. The van der Waals surface area contributed by atoms with E-state index in [9.17, 15) is 14.7 Å². The van der Waals surface area contributed by atoms with Crippen LogP contribution in [0, 0.1) is 0 Å². The summed E-state index contributed by atoms with van der Waals surface area (Å²) in [5, 5.41) is 56.1. The van der Waals surface area contributed by atoms with Gasteiger partial charge in [0.15, 0.2) is 0 Å². The fourth-order valence-electron chi connectivity index (χ4n) is 2.84. The van der Waals surface area contributed by atoms with Crippen molar-refractivity contribution in [2.24, 2.45) is 0 Å². The minimum atomic E-state index is -1.47. The van der Waals surface area contributed by atoms with Gasteiger partial charge in [0.05, 0.1) is 26.7 Å². The summed E-state index contributed by atoms with van der Waals surface area (Å²) in [7, 11) is 3.66. The highest BCUT2D eigenvalue weighted by molar-refractivity contribution is 5.74. The van der Waals surface area contributed by atoms with Crippen molar-refractivity contribution in [3.63, 3.8) is 0 Å². The zero-order chi connectivity index (χ0) is 17.9. The number of carboxylic acid groups (broad SMARTS) is 2. The molecule has 2 rings (SSSR count). The van der Waals surface area contributed by atoms with Crippen LogP contribution in [-0.4, -0.2) is 111 Å². The highest BCUT2D eigenvalue weighted by Gasteiger charge is 2.46. The summed E-state index contributed by atoms with van der Waals surface area (Å²) in [5.74, 6) is -2.14. The van der Waals surface area contributed by atoms with Crippen molar-refractivity contribution >= 4 is 11.9 Å². The van der Waals surface area contributed by atoms with Gasteiger partial charge in [-0.25, -0.2) is 4.79 Å². The maximum absolute atomic E-state index is 10.7. The van der Waals surface area contributed by atoms with Gasteiger partial charge in [0.1, 0.15) is 24.4 Å². The SMILES string of the molecule is C[N+]1(C)CC[C@H](O)[C@@H]1C(=O)O.O=C(O)[C@H]1NC[C@H](O)[C@@H](O)[C@@H]1O. The molecule has 0 aromatic heterocycles. The number of hydrogen-bond donors (Lipinski definition) is 7. The summed E-state index contributed by atoms with van der Waals surface area (Å²) < 4.78 is 0.385. The van der Waals surface area contributed by atoms with E-state index < -0.39 is 48.4 Å². The molecule has 10 nitrogen and oxygen atoms in total. The molecule has 0 saturated carbocycles. The lowest BCUT2D eigenvalue weighted by Gasteiger charge is -2.33. The van der Waals surface area contributed by atoms with E-state index in [1.54, 1.807) is 0 Å². The number of piperidine rings is 1. The van der Waals surface area contributed by atoms with Crippen molar-refractivity contribution in [3.8, 4) is 0 Å². The molecule has 0 aromatic carbocycles. The topological polar surface area (TPSA) is 168 Å². The Hall–Kier alpha value is -1.30. The molecule has 0 unspecified atom stereocenters. The van der Waals surface area contributed by atoms with E-state index in [-0.39, 0.29) is 6.54 Å². The Bertz CT molecular complexity index is 444. The number of carbonyl (C=O) groups is 2. The average molecular weight is 337 g/mol. The molecule has 2 fully saturated rings. The first-order valence-electron chi connectivity index (χ1n) is 7.23. The van der Waals surface area contributed by atoms with E-state index >= 15 is 0 Å². The molecule has 2 aliphatic rings. The number of aliphatic carboxylic acids is 2. The van der Waals surface area contributed by atoms with Crippen LogP contribution >= 0.6 is 0 Å². The van der Waals surface area contributed by atoms with Crippen molar-refractivity contribution in [2.75, 3.05) is 27.2 Å². The number of hydrogen-bond acceptors (Lipinski definition) is 7. The van der Waals surface area contributed by atoms with Crippen molar-refractivity contribution in [3.05, 3.63) is 0 Å². The van der Waals surface area contributed by atoms with Crippen LogP contribution < -0.4 is 5.32 Å². The van der Waals surface area contributed by atoms with Crippen LogP contribution in [-0.2, 0) is 9.59 Å². The maximum atomic E-state index is 10.7. The Balaban J connectivity index is 0.000000231. The van der Waals surface area contributed by atoms with Gasteiger partial charge in [-0.15, -0.1) is 0 Å². The maximum Gasteiger partial charge on any atom is 0.365 e. The third-order valence-electron chi connectivity index (χ3n) is 4.27. The molecule has 6 atom stereocenters. The van der Waals surface area contributed by atoms with Crippen molar-refractivity contribution < 1.29 is 44.7 Å². The first-order valence-corrected chi connectivity index (χ1v) is 7.23. The standard InChI is InChI=1S/C7H13NO3.C6H11NO5/c1-8(2)4-3-5(9)6(8)7(10)11;8-2-1-7-3(6(11)12)5(10)4(2)9/h5-6,9H,3-4H2,1-2H3;2-5,7-10H,1H2,(H,11,12)/p+1/t5-,6+;2-,3-,4+,5+/m00/s1. The van der Waals surface area contributed by atoms with Gasteiger partial charge >= 0.3 is 11.9 Å². The molecule has 0 amide bonds. The van der Waals surface area contributed by atoms with Gasteiger partial charge in [-0.3, -0.25) is 10.1 Å². The summed E-state index contributed by atoms with van der Waals surface area (Å²) in [4.78, 5) is 21.1. The monoisotopic (exact) mass is 337 g/mol. The van der Waals surface area contributed by atoms with Gasteiger partial charge in [0.2, 0.25) is 6.04 Å². The Morgan fingerprint density at radius 2 is 1.52 bits per heavy atom. The second-order valence-corrected chi connectivity index (χ2v) is 6.41. The number of rotatable bonds is 2. The smallest absolute Gasteiger partial charge is 0.365 e. The summed E-state index contributed by atoms with van der Waals surface area (Å²) in [6, 6.07) is -1.85. The van der Waals surface area contributed by atoms with E-state index in [0.29, 0.717) is 10.9 Å². The van der Waals surface area contributed by atoms with E-state index in [2.05, 4.69) is 5.32 Å². The summed E-state index contributed by atoms with van der Waals surface area (Å²) in [6.07, 6.45) is -4.07. The zero-order valence-electron chi connectivity index (χ0n) is 13.0.